The van der Waals surface area contributed by atoms with Crippen LogP contribution >= 0.6 is 0 Å². The number of rotatable bonds is 11. The zero-order valence-corrected chi connectivity index (χ0v) is 37.7. The highest BCUT2D eigenvalue weighted by Gasteiger charge is 2.21. The van der Waals surface area contributed by atoms with Gasteiger partial charge in [-0.25, -0.2) is 15.0 Å². The van der Waals surface area contributed by atoms with Gasteiger partial charge in [0.2, 0.25) is 0 Å². The predicted molar refractivity (Wildman–Crippen MR) is 250 cm³/mol. The quantitative estimate of drug-likeness (QED) is 0.132. The Hall–Kier alpha value is -4.89. The van der Waals surface area contributed by atoms with Crippen LogP contribution in [-0.2, 0) is 16.2 Å². The van der Waals surface area contributed by atoms with Crippen molar-refractivity contribution in [3.8, 4) is 56.4 Å². The molecule has 58 heavy (non-hydrogen) atoms. The first-order chi connectivity index (χ1) is 27.4. The summed E-state index contributed by atoms with van der Waals surface area (Å²) >= 11 is 0. The van der Waals surface area contributed by atoms with Crippen molar-refractivity contribution >= 4 is 0 Å². The maximum atomic E-state index is 5.15. The van der Waals surface area contributed by atoms with Gasteiger partial charge in [-0.2, -0.15) is 0 Å². The van der Waals surface area contributed by atoms with Crippen LogP contribution in [0, 0.1) is 0 Å². The first-order valence-electron chi connectivity index (χ1n) is 21.8. The smallest absolute Gasteiger partial charge is 0.164 e. The Morgan fingerprint density at radius 3 is 1.09 bits per heavy atom. The van der Waals surface area contributed by atoms with Crippen LogP contribution in [0.15, 0.2) is 109 Å². The van der Waals surface area contributed by atoms with Gasteiger partial charge in [-0.15, -0.1) is 0 Å². The molecule has 0 atom stereocenters. The van der Waals surface area contributed by atoms with Crippen LogP contribution in [0.3, 0.4) is 0 Å². The van der Waals surface area contributed by atoms with Crippen LogP contribution in [0.5, 0.6) is 0 Å². The predicted octanol–water partition coefficient (Wildman–Crippen LogP) is 15.9. The molecule has 302 valence electrons. The molecule has 0 aliphatic heterocycles. The van der Waals surface area contributed by atoms with Crippen molar-refractivity contribution in [2.75, 3.05) is 0 Å². The molecular formula is C55H67N3. The fourth-order valence-electron chi connectivity index (χ4n) is 8.05. The lowest BCUT2D eigenvalue weighted by molar-refractivity contribution is 0.590. The molecule has 0 fully saturated rings. The number of hydrogen-bond donors (Lipinski definition) is 0. The minimum Gasteiger partial charge on any atom is -0.208 e. The van der Waals surface area contributed by atoms with E-state index < -0.39 is 0 Å². The number of benzene rings is 5. The third kappa shape index (κ3) is 9.69. The SMILES string of the molecule is CCC(CC)c1cc(-c2cc(-c3ccc(-c4nc(-c5cccc(C(C)(C)C)c5)nc(-c5cccc(C(C)(C)C)c5)n4)cc3)cc(C(C)(C)C)c2)cc(C(CC)CC)c1. The molecule has 3 heteroatoms. The molecule has 0 aliphatic carbocycles. The third-order valence-corrected chi connectivity index (χ3v) is 12.1. The van der Waals surface area contributed by atoms with Gasteiger partial charge in [-0.1, -0.05) is 181 Å². The van der Waals surface area contributed by atoms with E-state index in [0.29, 0.717) is 29.3 Å². The van der Waals surface area contributed by atoms with Crippen LogP contribution in [0.4, 0.5) is 0 Å². The summed E-state index contributed by atoms with van der Waals surface area (Å²) in [7, 11) is 0. The van der Waals surface area contributed by atoms with Crippen molar-refractivity contribution < 1.29 is 0 Å². The maximum absolute atomic E-state index is 5.15. The minimum atomic E-state index is -0.0118. The highest BCUT2D eigenvalue weighted by atomic mass is 15.0. The van der Waals surface area contributed by atoms with Gasteiger partial charge in [0, 0.05) is 16.7 Å². The fourth-order valence-corrected chi connectivity index (χ4v) is 8.05. The summed E-state index contributed by atoms with van der Waals surface area (Å²) in [6, 6.07) is 40.8. The van der Waals surface area contributed by atoms with E-state index >= 15 is 0 Å². The topological polar surface area (TPSA) is 38.7 Å². The summed E-state index contributed by atoms with van der Waals surface area (Å²) in [5, 5.41) is 0. The molecule has 0 saturated carbocycles. The number of nitrogens with zero attached hydrogens (tertiary/aromatic N) is 3. The molecule has 6 aromatic rings. The van der Waals surface area contributed by atoms with E-state index in [-0.39, 0.29) is 16.2 Å². The van der Waals surface area contributed by atoms with E-state index in [1.807, 2.05) is 0 Å². The molecule has 0 bridgehead atoms. The first kappa shape index (κ1) is 42.7. The normalized spacial score (nSPS) is 12.5. The summed E-state index contributed by atoms with van der Waals surface area (Å²) in [6.45, 7) is 29.7. The third-order valence-electron chi connectivity index (χ3n) is 12.1. The first-order valence-corrected chi connectivity index (χ1v) is 21.8. The molecular weight excluding hydrogens is 703 g/mol. The molecule has 0 N–H and O–H groups in total. The second-order valence-corrected chi connectivity index (χ2v) is 19.5. The van der Waals surface area contributed by atoms with Gasteiger partial charge in [0.25, 0.3) is 0 Å². The van der Waals surface area contributed by atoms with E-state index in [0.717, 1.165) is 42.4 Å². The number of aromatic nitrogens is 3. The Morgan fingerprint density at radius 1 is 0.345 bits per heavy atom. The van der Waals surface area contributed by atoms with Crippen LogP contribution in [-0.4, -0.2) is 15.0 Å². The van der Waals surface area contributed by atoms with Gasteiger partial charge in [-0.05, 0) is 122 Å². The number of hydrogen-bond acceptors (Lipinski definition) is 3. The van der Waals surface area contributed by atoms with E-state index in [2.05, 4.69) is 199 Å². The van der Waals surface area contributed by atoms with Crippen molar-refractivity contribution in [3.63, 3.8) is 0 Å². The summed E-state index contributed by atoms with van der Waals surface area (Å²) in [6.07, 6.45) is 4.61. The largest absolute Gasteiger partial charge is 0.208 e. The lowest BCUT2D eigenvalue weighted by Gasteiger charge is -2.23. The summed E-state index contributed by atoms with van der Waals surface area (Å²) in [4.78, 5) is 15.4. The Kier molecular flexibility index (Phi) is 12.6. The fraction of sp³-hybridized carbons (Fsp3) is 0.400. The molecule has 0 aliphatic rings. The Labute approximate surface area is 350 Å². The van der Waals surface area contributed by atoms with Crippen molar-refractivity contribution in [2.24, 2.45) is 0 Å². The zero-order valence-electron chi connectivity index (χ0n) is 37.7. The van der Waals surface area contributed by atoms with Crippen molar-refractivity contribution in [1.82, 2.24) is 15.0 Å². The van der Waals surface area contributed by atoms with Crippen LogP contribution in [0.1, 0.15) is 155 Å². The van der Waals surface area contributed by atoms with Gasteiger partial charge in [0.05, 0.1) is 0 Å². The molecule has 0 spiro atoms. The van der Waals surface area contributed by atoms with Crippen molar-refractivity contribution in [3.05, 3.63) is 137 Å². The van der Waals surface area contributed by atoms with Crippen molar-refractivity contribution in [1.29, 1.82) is 0 Å². The summed E-state index contributed by atoms with van der Waals surface area (Å²) in [5.74, 6) is 3.16. The van der Waals surface area contributed by atoms with Gasteiger partial charge >= 0.3 is 0 Å². The highest BCUT2D eigenvalue weighted by molar-refractivity contribution is 5.77. The molecule has 1 heterocycles. The molecule has 0 saturated heterocycles. The monoisotopic (exact) mass is 770 g/mol. The average molecular weight is 770 g/mol. The standard InChI is InChI=1S/C55H67N3/c1-14-36(15-2)42-28-43(37(16-3)17-4)30-44(29-42)46-31-45(34-49(35-46)55(11,12)13)38-24-26-39(27-25-38)50-56-51(40-20-18-22-47(32-40)53(5,6)7)58-52(57-50)41-21-19-23-48(33-41)54(8,9)10/h18-37H,14-17H2,1-13H3. The Balaban J connectivity index is 1.47. The van der Waals surface area contributed by atoms with E-state index in [4.69, 9.17) is 15.0 Å². The molecule has 5 aromatic carbocycles. The summed E-state index contributed by atoms with van der Waals surface area (Å²) < 4.78 is 0. The Bertz CT molecular complexity index is 2230. The molecule has 3 nitrogen and oxygen atoms in total. The second kappa shape index (κ2) is 17.1. The minimum absolute atomic E-state index is 0.00168. The zero-order chi connectivity index (χ0) is 42.0. The van der Waals surface area contributed by atoms with Gasteiger partial charge in [0.15, 0.2) is 17.5 Å². The van der Waals surface area contributed by atoms with Gasteiger partial charge in [0.1, 0.15) is 0 Å². The van der Waals surface area contributed by atoms with Crippen LogP contribution in [0.25, 0.3) is 56.4 Å². The molecule has 0 amide bonds. The van der Waals surface area contributed by atoms with E-state index in [1.54, 1.807) is 0 Å². The summed E-state index contributed by atoms with van der Waals surface area (Å²) in [5.41, 5.74) is 14.7. The molecule has 0 unspecified atom stereocenters. The van der Waals surface area contributed by atoms with Crippen LogP contribution in [0.2, 0.25) is 0 Å². The van der Waals surface area contributed by atoms with Gasteiger partial charge < -0.3 is 0 Å². The van der Waals surface area contributed by atoms with Crippen molar-refractivity contribution in [2.45, 2.75) is 144 Å². The van der Waals surface area contributed by atoms with E-state index in [1.165, 1.54) is 50.1 Å². The molecule has 6 rings (SSSR count). The van der Waals surface area contributed by atoms with Crippen LogP contribution < -0.4 is 0 Å². The second-order valence-electron chi connectivity index (χ2n) is 19.5. The van der Waals surface area contributed by atoms with Gasteiger partial charge in [-0.3, -0.25) is 0 Å². The lowest BCUT2D eigenvalue weighted by Crippen LogP contribution is -2.11. The molecule has 0 radical (unpaired) electrons. The van der Waals surface area contributed by atoms with E-state index in [9.17, 15) is 0 Å². The highest BCUT2D eigenvalue weighted by Crippen LogP contribution is 2.39. The average Bonchev–Trinajstić information content (AvgIpc) is 3.20. The maximum Gasteiger partial charge on any atom is 0.164 e. The Morgan fingerprint density at radius 2 is 0.690 bits per heavy atom. The lowest BCUT2D eigenvalue weighted by atomic mass is 9.81. The molecule has 1 aromatic heterocycles.